The SMILES string of the molecule is Cc1cc(C)cc(C(C(=O)Nc2c(C)cccc2Cl)N(C(=O)C(CC(C)C)NC(=O)OC(C)(C)C)C(C)CCC(C)C)c1. The molecule has 0 bridgehead atoms. The number of hydrogen-bond donors (Lipinski definition) is 2. The van der Waals surface area contributed by atoms with E-state index in [1.165, 1.54) is 0 Å². The van der Waals surface area contributed by atoms with E-state index in [0.717, 1.165) is 23.1 Å². The van der Waals surface area contributed by atoms with Crippen LogP contribution in [0.1, 0.15) is 103 Å². The molecule has 3 atom stereocenters. The van der Waals surface area contributed by atoms with Gasteiger partial charge < -0.3 is 20.3 Å². The summed E-state index contributed by atoms with van der Waals surface area (Å²) in [6, 6.07) is 9.20. The molecule has 0 saturated carbocycles. The van der Waals surface area contributed by atoms with Gasteiger partial charge in [0.1, 0.15) is 17.7 Å². The number of amides is 3. The maximum Gasteiger partial charge on any atom is 0.408 e. The number of carbonyl (C=O) groups excluding carboxylic acids is 3. The number of nitrogens with zero attached hydrogens (tertiary/aromatic N) is 1. The Hall–Kier alpha value is -3.06. The summed E-state index contributed by atoms with van der Waals surface area (Å²) in [7, 11) is 0. The zero-order chi connectivity index (χ0) is 32.6. The molecule has 238 valence electrons. The Balaban J connectivity index is 2.72. The highest BCUT2D eigenvalue weighted by molar-refractivity contribution is 6.34. The lowest BCUT2D eigenvalue weighted by molar-refractivity contribution is -0.144. The van der Waals surface area contributed by atoms with Crippen molar-refractivity contribution in [2.75, 3.05) is 5.32 Å². The number of halogens is 1. The molecule has 2 aromatic rings. The van der Waals surface area contributed by atoms with E-state index in [9.17, 15) is 14.4 Å². The van der Waals surface area contributed by atoms with E-state index in [1.807, 2.05) is 71.9 Å². The number of benzene rings is 2. The van der Waals surface area contributed by atoms with Crippen molar-refractivity contribution in [2.24, 2.45) is 11.8 Å². The van der Waals surface area contributed by atoms with Crippen LogP contribution in [0.5, 0.6) is 0 Å². The monoisotopic (exact) mass is 613 g/mol. The summed E-state index contributed by atoms with van der Waals surface area (Å²) in [6.07, 6.45) is 1.27. The van der Waals surface area contributed by atoms with E-state index < -0.39 is 23.8 Å². The molecule has 3 unspecified atom stereocenters. The number of rotatable bonds is 12. The molecule has 0 aliphatic rings. The van der Waals surface area contributed by atoms with Gasteiger partial charge in [0.05, 0.1) is 10.7 Å². The second-order valence-electron chi connectivity index (χ2n) is 13.6. The standard InChI is InChI=1S/C35H52ClN3O4/c1-21(2)15-16-26(8)39(33(41)29(17-22(3)4)37-34(42)43-35(9,10)11)31(27-19-23(5)18-24(6)20-27)32(40)38-30-25(7)13-12-14-28(30)36/h12-14,18-22,26,29,31H,15-17H2,1-11H3,(H,37,42)(H,38,40). The Bertz CT molecular complexity index is 1230. The molecule has 3 amide bonds. The second kappa shape index (κ2) is 15.6. The van der Waals surface area contributed by atoms with Crippen LogP contribution < -0.4 is 10.6 Å². The van der Waals surface area contributed by atoms with Gasteiger partial charge in [-0.3, -0.25) is 9.59 Å². The van der Waals surface area contributed by atoms with Crippen LogP contribution in [-0.2, 0) is 14.3 Å². The fourth-order valence-corrected chi connectivity index (χ4v) is 5.49. The fraction of sp³-hybridized carbons (Fsp3) is 0.571. The number of nitrogens with one attached hydrogen (secondary N) is 2. The van der Waals surface area contributed by atoms with E-state index in [1.54, 1.807) is 31.7 Å². The summed E-state index contributed by atoms with van der Waals surface area (Å²) < 4.78 is 5.53. The van der Waals surface area contributed by atoms with Crippen LogP contribution in [0, 0.1) is 32.6 Å². The van der Waals surface area contributed by atoms with Gasteiger partial charge in [0.15, 0.2) is 0 Å². The highest BCUT2D eigenvalue weighted by Gasteiger charge is 2.39. The summed E-state index contributed by atoms with van der Waals surface area (Å²) in [5.74, 6) is -0.196. The molecule has 0 radical (unpaired) electrons. The molecule has 43 heavy (non-hydrogen) atoms. The van der Waals surface area contributed by atoms with Gasteiger partial charge in [-0.25, -0.2) is 4.79 Å². The highest BCUT2D eigenvalue weighted by atomic mass is 35.5. The van der Waals surface area contributed by atoms with Crippen molar-refractivity contribution < 1.29 is 19.1 Å². The Morgan fingerprint density at radius 1 is 0.907 bits per heavy atom. The molecule has 2 rings (SSSR count). The molecular formula is C35H52ClN3O4. The minimum Gasteiger partial charge on any atom is -0.444 e. The zero-order valence-electron chi connectivity index (χ0n) is 27.9. The quantitative estimate of drug-likeness (QED) is 0.251. The lowest BCUT2D eigenvalue weighted by Gasteiger charge is -2.39. The van der Waals surface area contributed by atoms with Crippen LogP contribution in [0.4, 0.5) is 10.5 Å². The first kappa shape index (κ1) is 36.1. The number of para-hydroxylation sites is 1. The first-order chi connectivity index (χ1) is 19.9. The molecule has 8 heteroatoms. The number of ether oxygens (including phenoxy) is 1. The van der Waals surface area contributed by atoms with Crippen LogP contribution in [0.15, 0.2) is 36.4 Å². The van der Waals surface area contributed by atoms with Crippen molar-refractivity contribution >= 4 is 35.2 Å². The van der Waals surface area contributed by atoms with Crippen LogP contribution in [-0.4, -0.2) is 40.5 Å². The third kappa shape index (κ3) is 11.2. The number of hydrogen-bond acceptors (Lipinski definition) is 4. The van der Waals surface area contributed by atoms with Gasteiger partial charge in [-0.15, -0.1) is 0 Å². The molecule has 0 aliphatic heterocycles. The van der Waals surface area contributed by atoms with Gasteiger partial charge in [0, 0.05) is 6.04 Å². The van der Waals surface area contributed by atoms with Gasteiger partial charge in [-0.1, -0.05) is 80.8 Å². The normalized spacial score (nSPS) is 13.8. The molecule has 2 aromatic carbocycles. The highest BCUT2D eigenvalue weighted by Crippen LogP contribution is 2.33. The fourth-order valence-electron chi connectivity index (χ4n) is 5.22. The first-order valence-corrected chi connectivity index (χ1v) is 15.7. The van der Waals surface area contributed by atoms with E-state index in [-0.39, 0.29) is 23.8 Å². The first-order valence-electron chi connectivity index (χ1n) is 15.4. The third-order valence-corrected chi connectivity index (χ3v) is 7.46. The summed E-state index contributed by atoms with van der Waals surface area (Å²) >= 11 is 6.53. The maximum absolute atomic E-state index is 14.7. The van der Waals surface area contributed by atoms with Gasteiger partial charge in [-0.2, -0.15) is 0 Å². The molecule has 0 saturated heterocycles. The van der Waals surface area contributed by atoms with E-state index in [4.69, 9.17) is 16.3 Å². The molecule has 0 aliphatic carbocycles. The predicted molar refractivity (Wildman–Crippen MR) is 176 cm³/mol. The lowest BCUT2D eigenvalue weighted by Crippen LogP contribution is -2.55. The van der Waals surface area contributed by atoms with Gasteiger partial charge in [0.25, 0.3) is 5.91 Å². The van der Waals surface area contributed by atoms with Crippen LogP contribution in [0.2, 0.25) is 5.02 Å². The van der Waals surface area contributed by atoms with E-state index in [2.05, 4.69) is 24.5 Å². The molecule has 0 aromatic heterocycles. The molecular weight excluding hydrogens is 562 g/mol. The van der Waals surface area contributed by atoms with Crippen molar-refractivity contribution in [3.05, 3.63) is 63.7 Å². The Labute approximate surface area is 264 Å². The topological polar surface area (TPSA) is 87.7 Å². The van der Waals surface area contributed by atoms with Crippen molar-refractivity contribution in [3.63, 3.8) is 0 Å². The van der Waals surface area contributed by atoms with Crippen molar-refractivity contribution in [2.45, 2.75) is 119 Å². The van der Waals surface area contributed by atoms with Crippen LogP contribution in [0.25, 0.3) is 0 Å². The molecule has 2 N–H and O–H groups in total. The molecule has 0 heterocycles. The van der Waals surface area contributed by atoms with Crippen molar-refractivity contribution in [3.8, 4) is 0 Å². The van der Waals surface area contributed by atoms with Gasteiger partial charge in [0.2, 0.25) is 5.91 Å². The van der Waals surface area contributed by atoms with E-state index >= 15 is 0 Å². The third-order valence-electron chi connectivity index (χ3n) is 7.14. The molecule has 0 spiro atoms. The van der Waals surface area contributed by atoms with Crippen molar-refractivity contribution in [1.82, 2.24) is 10.2 Å². The zero-order valence-corrected chi connectivity index (χ0v) is 28.7. The molecule has 0 fully saturated rings. The van der Waals surface area contributed by atoms with Crippen LogP contribution in [0.3, 0.4) is 0 Å². The number of aryl methyl sites for hydroxylation is 3. The Kier molecular flexibility index (Phi) is 13.1. The number of carbonyl (C=O) groups is 3. The minimum atomic E-state index is -0.973. The average Bonchev–Trinajstić information content (AvgIpc) is 2.85. The summed E-state index contributed by atoms with van der Waals surface area (Å²) in [4.78, 5) is 43.7. The lowest BCUT2D eigenvalue weighted by atomic mass is 9.94. The van der Waals surface area contributed by atoms with Gasteiger partial charge >= 0.3 is 6.09 Å². The van der Waals surface area contributed by atoms with E-state index in [0.29, 0.717) is 35.0 Å². The minimum absolute atomic E-state index is 0.0935. The smallest absolute Gasteiger partial charge is 0.408 e. The summed E-state index contributed by atoms with van der Waals surface area (Å²) in [5.41, 5.74) is 3.26. The van der Waals surface area contributed by atoms with Gasteiger partial charge in [-0.05, 0) is 96.8 Å². The van der Waals surface area contributed by atoms with Crippen LogP contribution >= 0.6 is 11.6 Å². The average molecular weight is 614 g/mol. The predicted octanol–water partition coefficient (Wildman–Crippen LogP) is 8.54. The second-order valence-corrected chi connectivity index (χ2v) is 14.0. The maximum atomic E-state index is 14.7. The Morgan fingerprint density at radius 2 is 1.51 bits per heavy atom. The Morgan fingerprint density at radius 3 is 2.02 bits per heavy atom. The molecule has 7 nitrogen and oxygen atoms in total. The number of alkyl carbamates (subject to hydrolysis) is 1. The number of anilines is 1. The van der Waals surface area contributed by atoms with Crippen molar-refractivity contribution in [1.29, 1.82) is 0 Å². The summed E-state index contributed by atoms with van der Waals surface area (Å²) in [5, 5.41) is 6.30. The summed E-state index contributed by atoms with van der Waals surface area (Å²) in [6.45, 7) is 21.4. The largest absolute Gasteiger partial charge is 0.444 e.